The molecular formula is C13H13F2NO. The van der Waals surface area contributed by atoms with Crippen LogP contribution in [0.5, 0.6) is 0 Å². The summed E-state index contributed by atoms with van der Waals surface area (Å²) in [5, 5.41) is 3.84. The van der Waals surface area contributed by atoms with Gasteiger partial charge in [-0.2, -0.15) is 0 Å². The molecule has 2 rings (SSSR count). The molecule has 2 nitrogen and oxygen atoms in total. The number of halogens is 2. The van der Waals surface area contributed by atoms with E-state index in [1.165, 1.54) is 12.1 Å². The Morgan fingerprint density at radius 3 is 2.29 bits per heavy atom. The van der Waals surface area contributed by atoms with E-state index in [2.05, 4.69) is 5.16 Å². The third kappa shape index (κ3) is 2.20. The second-order valence-electron chi connectivity index (χ2n) is 4.33. The van der Waals surface area contributed by atoms with E-state index in [0.717, 1.165) is 5.56 Å². The maximum atomic E-state index is 13.3. The standard InChI is InChI=1S/C13H13F2NO/c1-7(2)9-5-11(14)12(15)6-10(9)13-4-8(3)17-16-13/h4-7H,1-3H3. The van der Waals surface area contributed by atoms with Gasteiger partial charge >= 0.3 is 0 Å². The molecule has 0 saturated heterocycles. The van der Waals surface area contributed by atoms with Gasteiger partial charge in [-0.25, -0.2) is 8.78 Å². The predicted molar refractivity (Wildman–Crippen MR) is 60.7 cm³/mol. The normalized spacial score (nSPS) is 11.2. The molecule has 0 bridgehead atoms. The fourth-order valence-electron chi connectivity index (χ4n) is 1.76. The Kier molecular flexibility index (Phi) is 2.96. The Labute approximate surface area is 98.2 Å². The van der Waals surface area contributed by atoms with E-state index >= 15 is 0 Å². The third-order valence-corrected chi connectivity index (χ3v) is 2.62. The van der Waals surface area contributed by atoms with Crippen LogP contribution in [0.4, 0.5) is 8.78 Å². The number of rotatable bonds is 2. The third-order valence-electron chi connectivity index (χ3n) is 2.62. The first-order chi connectivity index (χ1) is 7.99. The van der Waals surface area contributed by atoms with Crippen LogP contribution < -0.4 is 0 Å². The fraction of sp³-hybridized carbons (Fsp3) is 0.308. The van der Waals surface area contributed by atoms with E-state index in [1.54, 1.807) is 13.0 Å². The summed E-state index contributed by atoms with van der Waals surface area (Å²) in [6.45, 7) is 5.59. The van der Waals surface area contributed by atoms with E-state index < -0.39 is 11.6 Å². The molecule has 1 heterocycles. The van der Waals surface area contributed by atoms with Gasteiger partial charge in [0.15, 0.2) is 11.6 Å². The van der Waals surface area contributed by atoms with Crippen molar-refractivity contribution in [3.05, 3.63) is 41.2 Å². The predicted octanol–water partition coefficient (Wildman–Crippen LogP) is 4.05. The van der Waals surface area contributed by atoms with Gasteiger partial charge in [0.1, 0.15) is 11.5 Å². The van der Waals surface area contributed by atoms with Crippen LogP contribution in [0.1, 0.15) is 31.1 Å². The Bertz CT molecular complexity index is 546. The summed E-state index contributed by atoms with van der Waals surface area (Å²) >= 11 is 0. The molecule has 0 aliphatic rings. The Morgan fingerprint density at radius 2 is 1.76 bits per heavy atom. The van der Waals surface area contributed by atoms with Crippen molar-refractivity contribution in [2.24, 2.45) is 0 Å². The lowest BCUT2D eigenvalue weighted by Gasteiger charge is -2.11. The van der Waals surface area contributed by atoms with Crippen molar-refractivity contribution in [3.8, 4) is 11.3 Å². The molecule has 0 atom stereocenters. The Hall–Kier alpha value is -1.71. The summed E-state index contributed by atoms with van der Waals surface area (Å²) in [5.74, 6) is -0.987. The topological polar surface area (TPSA) is 26.0 Å². The molecule has 0 aliphatic carbocycles. The highest BCUT2D eigenvalue weighted by Gasteiger charge is 2.16. The van der Waals surface area contributed by atoms with Crippen molar-refractivity contribution in [1.82, 2.24) is 5.16 Å². The molecule has 0 amide bonds. The minimum atomic E-state index is -0.870. The minimum Gasteiger partial charge on any atom is -0.361 e. The van der Waals surface area contributed by atoms with Crippen molar-refractivity contribution < 1.29 is 13.3 Å². The van der Waals surface area contributed by atoms with Gasteiger partial charge in [0.05, 0.1) is 0 Å². The van der Waals surface area contributed by atoms with Gasteiger partial charge in [0.2, 0.25) is 0 Å². The van der Waals surface area contributed by atoms with Gasteiger partial charge in [-0.1, -0.05) is 19.0 Å². The van der Waals surface area contributed by atoms with Gasteiger partial charge in [-0.05, 0) is 30.5 Å². The summed E-state index contributed by atoms with van der Waals surface area (Å²) in [6.07, 6.45) is 0. The SMILES string of the molecule is Cc1cc(-c2cc(F)c(F)cc2C(C)C)no1. The first-order valence-electron chi connectivity index (χ1n) is 5.41. The van der Waals surface area contributed by atoms with Crippen LogP contribution >= 0.6 is 0 Å². The smallest absolute Gasteiger partial charge is 0.159 e. The van der Waals surface area contributed by atoms with Gasteiger partial charge in [-0.3, -0.25) is 0 Å². The summed E-state index contributed by atoms with van der Waals surface area (Å²) in [6, 6.07) is 4.10. The number of aryl methyl sites for hydroxylation is 1. The summed E-state index contributed by atoms with van der Waals surface area (Å²) in [4.78, 5) is 0. The van der Waals surface area contributed by atoms with Gasteiger partial charge in [0.25, 0.3) is 0 Å². The molecule has 1 aromatic heterocycles. The highest BCUT2D eigenvalue weighted by molar-refractivity contribution is 5.64. The van der Waals surface area contributed by atoms with E-state index in [4.69, 9.17) is 4.52 Å². The molecular weight excluding hydrogens is 224 g/mol. The lowest BCUT2D eigenvalue weighted by molar-refractivity contribution is 0.399. The molecule has 0 aliphatic heterocycles. The second kappa shape index (κ2) is 4.28. The van der Waals surface area contributed by atoms with E-state index in [1.807, 2.05) is 13.8 Å². The largest absolute Gasteiger partial charge is 0.361 e. The summed E-state index contributed by atoms with van der Waals surface area (Å²) in [5.41, 5.74) is 1.83. The monoisotopic (exact) mass is 237 g/mol. The van der Waals surface area contributed by atoms with E-state index in [9.17, 15) is 8.78 Å². The zero-order valence-electron chi connectivity index (χ0n) is 9.92. The summed E-state index contributed by atoms with van der Waals surface area (Å²) < 4.78 is 31.5. The molecule has 0 radical (unpaired) electrons. The van der Waals surface area contributed by atoms with Crippen molar-refractivity contribution >= 4 is 0 Å². The van der Waals surface area contributed by atoms with E-state index in [-0.39, 0.29) is 5.92 Å². The van der Waals surface area contributed by atoms with Crippen molar-refractivity contribution in [1.29, 1.82) is 0 Å². The van der Waals surface area contributed by atoms with Crippen LogP contribution in [-0.4, -0.2) is 5.16 Å². The van der Waals surface area contributed by atoms with Crippen molar-refractivity contribution in [2.75, 3.05) is 0 Å². The first kappa shape index (κ1) is 11.8. The van der Waals surface area contributed by atoms with Crippen LogP contribution in [0.2, 0.25) is 0 Å². The van der Waals surface area contributed by atoms with E-state index in [0.29, 0.717) is 17.0 Å². The molecule has 1 aromatic carbocycles. The molecule has 4 heteroatoms. The van der Waals surface area contributed by atoms with Crippen LogP contribution in [0.25, 0.3) is 11.3 Å². The number of benzene rings is 1. The molecule has 0 spiro atoms. The fourth-order valence-corrected chi connectivity index (χ4v) is 1.76. The average Bonchev–Trinajstić information content (AvgIpc) is 2.68. The summed E-state index contributed by atoms with van der Waals surface area (Å²) in [7, 11) is 0. The number of nitrogens with zero attached hydrogens (tertiary/aromatic N) is 1. The molecule has 2 aromatic rings. The van der Waals surface area contributed by atoms with Gasteiger partial charge in [-0.15, -0.1) is 0 Å². The maximum absolute atomic E-state index is 13.3. The second-order valence-corrected chi connectivity index (χ2v) is 4.33. The van der Waals surface area contributed by atoms with Crippen LogP contribution in [0.3, 0.4) is 0 Å². The number of aromatic nitrogens is 1. The van der Waals surface area contributed by atoms with Crippen LogP contribution in [0, 0.1) is 18.6 Å². The van der Waals surface area contributed by atoms with Gasteiger partial charge < -0.3 is 4.52 Å². The lowest BCUT2D eigenvalue weighted by atomic mass is 9.95. The average molecular weight is 237 g/mol. The zero-order chi connectivity index (χ0) is 12.6. The lowest BCUT2D eigenvalue weighted by Crippen LogP contribution is -1.97. The molecule has 0 unspecified atom stereocenters. The molecule has 90 valence electrons. The van der Waals surface area contributed by atoms with Crippen molar-refractivity contribution in [3.63, 3.8) is 0 Å². The van der Waals surface area contributed by atoms with Gasteiger partial charge in [0, 0.05) is 11.6 Å². The molecule has 0 saturated carbocycles. The molecule has 17 heavy (non-hydrogen) atoms. The number of hydrogen-bond donors (Lipinski definition) is 0. The quantitative estimate of drug-likeness (QED) is 0.787. The first-order valence-corrected chi connectivity index (χ1v) is 5.41. The molecule has 0 N–H and O–H groups in total. The molecule has 0 fully saturated rings. The highest BCUT2D eigenvalue weighted by Crippen LogP contribution is 2.30. The maximum Gasteiger partial charge on any atom is 0.159 e. The highest BCUT2D eigenvalue weighted by atomic mass is 19.2. The minimum absolute atomic E-state index is 0.0807. The van der Waals surface area contributed by atoms with Crippen molar-refractivity contribution in [2.45, 2.75) is 26.7 Å². The Balaban J connectivity index is 2.63. The number of hydrogen-bond acceptors (Lipinski definition) is 2. The zero-order valence-corrected chi connectivity index (χ0v) is 9.92. The van der Waals surface area contributed by atoms with Crippen LogP contribution in [0.15, 0.2) is 22.7 Å². The van der Waals surface area contributed by atoms with Crippen LogP contribution in [-0.2, 0) is 0 Å². The Morgan fingerprint density at radius 1 is 1.12 bits per heavy atom.